The second kappa shape index (κ2) is 9.51. The number of halogens is 3. The van der Waals surface area contributed by atoms with Crippen LogP contribution in [0.15, 0.2) is 41.3 Å². The van der Waals surface area contributed by atoms with Gasteiger partial charge in [0.1, 0.15) is 5.75 Å². The van der Waals surface area contributed by atoms with Crippen LogP contribution in [0.1, 0.15) is 18.1 Å². The fraction of sp³-hybridized carbons (Fsp3) is 0.333. The van der Waals surface area contributed by atoms with Crippen molar-refractivity contribution >= 4 is 35.1 Å². The molecule has 0 aliphatic carbocycles. The van der Waals surface area contributed by atoms with Crippen molar-refractivity contribution in [3.8, 4) is 5.75 Å². The summed E-state index contributed by atoms with van der Waals surface area (Å²) in [4.78, 5) is 25.6. The topological polar surface area (TPSA) is 67.9 Å². The van der Waals surface area contributed by atoms with Crippen molar-refractivity contribution in [3.63, 3.8) is 0 Å². The van der Waals surface area contributed by atoms with E-state index in [-0.39, 0.29) is 30.3 Å². The molecule has 2 aromatic carbocycles. The number of thioether (sulfide) groups is 1. The minimum atomic E-state index is -4.51. The average Bonchev–Trinajstić information content (AvgIpc) is 3.14. The molecule has 2 aromatic rings. The fourth-order valence-corrected chi connectivity index (χ4v) is 3.87. The SMILES string of the molecule is CCOC(=O)COc1cccc(NC(=O)N2CCc3cc(SC)c(C(F)(F)F)cc32)c1. The van der Waals surface area contributed by atoms with E-state index >= 15 is 0 Å². The van der Waals surface area contributed by atoms with Gasteiger partial charge in [0.05, 0.1) is 12.2 Å². The molecule has 0 saturated heterocycles. The Bertz CT molecular complexity index is 982. The van der Waals surface area contributed by atoms with Gasteiger partial charge in [0.2, 0.25) is 0 Å². The first-order valence-corrected chi connectivity index (χ1v) is 10.7. The lowest BCUT2D eigenvalue weighted by molar-refractivity contribution is -0.145. The van der Waals surface area contributed by atoms with E-state index < -0.39 is 23.7 Å². The Balaban J connectivity index is 1.75. The average molecular weight is 454 g/mol. The fourth-order valence-electron chi connectivity index (χ4n) is 3.22. The molecular formula is C21H21F3N2O4S. The third-order valence-corrected chi connectivity index (χ3v) is 5.37. The van der Waals surface area contributed by atoms with Crippen LogP contribution in [0, 0.1) is 0 Å². The third kappa shape index (κ3) is 5.43. The number of fused-ring (bicyclic) bond motifs is 1. The number of amides is 2. The molecule has 31 heavy (non-hydrogen) atoms. The van der Waals surface area contributed by atoms with Gasteiger partial charge in [0.15, 0.2) is 6.61 Å². The van der Waals surface area contributed by atoms with E-state index in [2.05, 4.69) is 5.32 Å². The number of nitrogens with one attached hydrogen (secondary N) is 1. The summed E-state index contributed by atoms with van der Waals surface area (Å²) >= 11 is 1.03. The van der Waals surface area contributed by atoms with Crippen LogP contribution in [-0.2, 0) is 22.1 Å². The lowest BCUT2D eigenvalue weighted by Crippen LogP contribution is -2.33. The molecule has 0 unspecified atom stereocenters. The van der Waals surface area contributed by atoms with Crippen molar-refractivity contribution < 1.29 is 32.2 Å². The predicted molar refractivity (Wildman–Crippen MR) is 112 cm³/mol. The van der Waals surface area contributed by atoms with Crippen LogP contribution in [0.2, 0.25) is 0 Å². The van der Waals surface area contributed by atoms with Crippen LogP contribution in [0.3, 0.4) is 0 Å². The number of carbonyl (C=O) groups excluding carboxylic acids is 2. The number of benzene rings is 2. The van der Waals surface area contributed by atoms with Crippen molar-refractivity contribution in [1.82, 2.24) is 0 Å². The smallest absolute Gasteiger partial charge is 0.417 e. The molecule has 0 radical (unpaired) electrons. The molecule has 2 amide bonds. The maximum atomic E-state index is 13.4. The third-order valence-electron chi connectivity index (χ3n) is 4.59. The van der Waals surface area contributed by atoms with Gasteiger partial charge in [-0.05, 0) is 49.4 Å². The van der Waals surface area contributed by atoms with E-state index in [4.69, 9.17) is 9.47 Å². The summed E-state index contributed by atoms with van der Waals surface area (Å²) in [6.07, 6.45) is -2.45. The highest BCUT2D eigenvalue weighted by Gasteiger charge is 2.36. The number of urea groups is 1. The number of nitrogens with zero attached hydrogens (tertiary/aromatic N) is 1. The summed E-state index contributed by atoms with van der Waals surface area (Å²) in [5, 5.41) is 2.67. The number of ether oxygens (including phenoxy) is 2. The monoisotopic (exact) mass is 454 g/mol. The molecule has 0 spiro atoms. The van der Waals surface area contributed by atoms with Crippen molar-refractivity contribution in [3.05, 3.63) is 47.5 Å². The van der Waals surface area contributed by atoms with Gasteiger partial charge in [-0.2, -0.15) is 13.2 Å². The normalized spacial score (nSPS) is 13.0. The summed E-state index contributed by atoms with van der Waals surface area (Å²) in [6, 6.07) is 8.36. The Labute approximate surface area is 181 Å². The lowest BCUT2D eigenvalue weighted by Gasteiger charge is -2.20. The van der Waals surface area contributed by atoms with E-state index in [0.717, 1.165) is 17.8 Å². The van der Waals surface area contributed by atoms with Crippen LogP contribution in [0.25, 0.3) is 0 Å². The van der Waals surface area contributed by atoms with Crippen molar-refractivity contribution in [2.75, 3.05) is 36.2 Å². The second-order valence-corrected chi connectivity index (χ2v) is 7.48. The largest absolute Gasteiger partial charge is 0.482 e. The van der Waals surface area contributed by atoms with Gasteiger partial charge >= 0.3 is 18.2 Å². The molecule has 0 bridgehead atoms. The van der Waals surface area contributed by atoms with Crippen molar-refractivity contribution in [2.24, 2.45) is 0 Å². The van der Waals surface area contributed by atoms with Crippen molar-refractivity contribution in [2.45, 2.75) is 24.4 Å². The number of carbonyl (C=O) groups is 2. The van der Waals surface area contributed by atoms with Crippen LogP contribution >= 0.6 is 11.8 Å². The van der Waals surface area contributed by atoms with Gasteiger partial charge in [-0.3, -0.25) is 4.90 Å². The molecule has 1 aliphatic heterocycles. The predicted octanol–water partition coefficient (Wildman–Crippen LogP) is 4.96. The quantitative estimate of drug-likeness (QED) is 0.494. The molecule has 166 valence electrons. The molecule has 1 heterocycles. The summed E-state index contributed by atoms with van der Waals surface area (Å²) in [6.45, 7) is 1.92. The van der Waals surface area contributed by atoms with Gasteiger partial charge in [-0.15, -0.1) is 11.8 Å². The zero-order valence-corrected chi connectivity index (χ0v) is 17.7. The summed E-state index contributed by atoms with van der Waals surface area (Å²) in [5.74, 6) is -0.174. The van der Waals surface area contributed by atoms with Gasteiger partial charge in [-0.1, -0.05) is 6.07 Å². The minimum Gasteiger partial charge on any atom is -0.482 e. The maximum Gasteiger partial charge on any atom is 0.417 e. The standard InChI is InChI=1S/C21H21F3N2O4S/c1-3-29-19(27)12-30-15-6-4-5-14(10-15)25-20(28)26-8-7-13-9-18(31-2)16(11-17(13)26)21(22,23)24/h4-6,9-11H,3,7-8,12H2,1-2H3,(H,25,28). The number of esters is 1. The lowest BCUT2D eigenvalue weighted by atomic mass is 10.1. The molecule has 1 N–H and O–H groups in total. The maximum absolute atomic E-state index is 13.4. The van der Waals surface area contributed by atoms with E-state index in [1.54, 1.807) is 31.4 Å². The first kappa shape index (κ1) is 22.8. The molecule has 3 rings (SSSR count). The minimum absolute atomic E-state index is 0.139. The molecule has 6 nitrogen and oxygen atoms in total. The Hall–Kier alpha value is -2.88. The molecule has 0 atom stereocenters. The van der Waals surface area contributed by atoms with E-state index in [1.165, 1.54) is 17.0 Å². The highest BCUT2D eigenvalue weighted by atomic mass is 32.2. The van der Waals surface area contributed by atoms with E-state index in [9.17, 15) is 22.8 Å². The summed E-state index contributed by atoms with van der Waals surface area (Å²) in [7, 11) is 0. The first-order chi connectivity index (χ1) is 14.7. The van der Waals surface area contributed by atoms with Gasteiger partial charge in [0.25, 0.3) is 0 Å². The molecule has 10 heteroatoms. The highest BCUT2D eigenvalue weighted by Crippen LogP contribution is 2.42. The molecule has 0 aromatic heterocycles. The van der Waals surface area contributed by atoms with Gasteiger partial charge in [-0.25, -0.2) is 9.59 Å². The van der Waals surface area contributed by atoms with Crippen LogP contribution in [0.5, 0.6) is 5.75 Å². The number of rotatable bonds is 6. The number of hydrogen-bond donors (Lipinski definition) is 1. The van der Waals surface area contributed by atoms with Gasteiger partial charge < -0.3 is 14.8 Å². The summed E-state index contributed by atoms with van der Waals surface area (Å²) in [5.41, 5.74) is 0.570. The molecular weight excluding hydrogens is 433 g/mol. The Morgan fingerprint density at radius 2 is 2.00 bits per heavy atom. The Morgan fingerprint density at radius 3 is 2.68 bits per heavy atom. The Morgan fingerprint density at radius 1 is 1.23 bits per heavy atom. The van der Waals surface area contributed by atoms with Crippen LogP contribution < -0.4 is 15.0 Å². The molecule has 1 aliphatic rings. The number of alkyl halides is 3. The Kier molecular flexibility index (Phi) is 6.99. The van der Waals surface area contributed by atoms with E-state index in [1.807, 2.05) is 0 Å². The molecule has 0 fully saturated rings. The highest BCUT2D eigenvalue weighted by molar-refractivity contribution is 7.98. The zero-order valence-electron chi connectivity index (χ0n) is 16.9. The van der Waals surface area contributed by atoms with Crippen LogP contribution in [-0.4, -0.2) is 38.0 Å². The van der Waals surface area contributed by atoms with Crippen LogP contribution in [0.4, 0.5) is 29.3 Å². The second-order valence-electron chi connectivity index (χ2n) is 6.63. The van der Waals surface area contributed by atoms with Gasteiger partial charge in [0, 0.05) is 28.9 Å². The summed E-state index contributed by atoms with van der Waals surface area (Å²) < 4.78 is 50.4. The molecule has 0 saturated carbocycles. The van der Waals surface area contributed by atoms with E-state index in [0.29, 0.717) is 23.4 Å². The van der Waals surface area contributed by atoms with Crippen molar-refractivity contribution in [1.29, 1.82) is 0 Å². The first-order valence-electron chi connectivity index (χ1n) is 9.48. The number of hydrogen-bond acceptors (Lipinski definition) is 5. The number of anilines is 2. The zero-order chi connectivity index (χ0) is 22.6.